The van der Waals surface area contributed by atoms with Gasteiger partial charge in [0.15, 0.2) is 11.5 Å². The maximum Gasteiger partial charge on any atom is 0.178 e. The van der Waals surface area contributed by atoms with E-state index in [0.717, 1.165) is 41.3 Å². The second kappa shape index (κ2) is 4.25. The van der Waals surface area contributed by atoms with Crippen LogP contribution in [0, 0.1) is 0 Å². The summed E-state index contributed by atoms with van der Waals surface area (Å²) < 4.78 is 1.97. The second-order valence-electron chi connectivity index (χ2n) is 4.15. The van der Waals surface area contributed by atoms with Crippen molar-refractivity contribution in [2.75, 3.05) is 0 Å². The van der Waals surface area contributed by atoms with Crippen LogP contribution >= 0.6 is 0 Å². The third-order valence-corrected chi connectivity index (χ3v) is 2.99. The molecule has 0 saturated carbocycles. The molecule has 1 N–H and O–H groups in total. The predicted molar refractivity (Wildman–Crippen MR) is 70.2 cm³/mol. The van der Waals surface area contributed by atoms with Gasteiger partial charge >= 0.3 is 0 Å². The van der Waals surface area contributed by atoms with Crippen molar-refractivity contribution in [1.82, 2.24) is 24.7 Å². The van der Waals surface area contributed by atoms with Crippen LogP contribution in [0.5, 0.6) is 0 Å². The van der Waals surface area contributed by atoms with Crippen LogP contribution in [0.2, 0.25) is 0 Å². The second-order valence-corrected chi connectivity index (χ2v) is 4.15. The van der Waals surface area contributed by atoms with Gasteiger partial charge in [-0.25, -0.2) is 9.97 Å². The molecule has 0 unspecified atom stereocenters. The Morgan fingerprint density at radius 1 is 1.33 bits per heavy atom. The summed E-state index contributed by atoms with van der Waals surface area (Å²) in [6.45, 7) is 5.02. The lowest BCUT2D eigenvalue weighted by Gasteiger charge is -1.99. The summed E-state index contributed by atoms with van der Waals surface area (Å²) in [6.07, 6.45) is 2.68. The Kier molecular flexibility index (Phi) is 2.59. The van der Waals surface area contributed by atoms with Crippen LogP contribution in [0.15, 0.2) is 24.4 Å². The minimum atomic E-state index is 0.745. The number of hydrogen-bond acceptors (Lipinski definition) is 3. The molecule has 3 heterocycles. The molecule has 0 spiro atoms. The van der Waals surface area contributed by atoms with Crippen LogP contribution in [-0.2, 0) is 13.0 Å². The van der Waals surface area contributed by atoms with E-state index in [1.165, 1.54) is 0 Å². The number of imidazole rings is 1. The van der Waals surface area contributed by atoms with Gasteiger partial charge in [-0.2, -0.15) is 5.10 Å². The topological polar surface area (TPSA) is 59.4 Å². The lowest BCUT2D eigenvalue weighted by Crippen LogP contribution is -2.00. The summed E-state index contributed by atoms with van der Waals surface area (Å²) >= 11 is 0. The number of hydrogen-bond donors (Lipinski definition) is 1. The Bertz CT molecular complexity index is 647. The first-order valence-corrected chi connectivity index (χ1v) is 6.19. The molecule has 0 aliphatic carbocycles. The van der Waals surface area contributed by atoms with Gasteiger partial charge in [0.25, 0.3) is 0 Å². The van der Waals surface area contributed by atoms with E-state index in [-0.39, 0.29) is 0 Å². The Balaban J connectivity index is 2.15. The van der Waals surface area contributed by atoms with E-state index >= 15 is 0 Å². The average Bonchev–Trinajstić information content (AvgIpc) is 3.01. The maximum absolute atomic E-state index is 4.53. The number of aryl methyl sites for hydroxylation is 2. The van der Waals surface area contributed by atoms with Crippen LogP contribution in [0.4, 0.5) is 0 Å². The van der Waals surface area contributed by atoms with Gasteiger partial charge in [-0.1, -0.05) is 6.92 Å². The van der Waals surface area contributed by atoms with Crippen molar-refractivity contribution >= 4 is 11.2 Å². The smallest absolute Gasteiger partial charge is 0.178 e. The average molecular weight is 241 g/mol. The fourth-order valence-electron chi connectivity index (χ4n) is 2.04. The zero-order chi connectivity index (χ0) is 12.5. The molecule has 0 aromatic carbocycles. The van der Waals surface area contributed by atoms with Gasteiger partial charge in [0.1, 0.15) is 5.69 Å². The molecule has 18 heavy (non-hydrogen) atoms. The molecule has 0 fully saturated rings. The highest BCUT2D eigenvalue weighted by Gasteiger charge is 2.12. The van der Waals surface area contributed by atoms with Crippen molar-refractivity contribution in [3.8, 4) is 11.5 Å². The van der Waals surface area contributed by atoms with Gasteiger partial charge in [-0.15, -0.1) is 0 Å². The van der Waals surface area contributed by atoms with E-state index in [2.05, 4.69) is 40.0 Å². The molecular weight excluding hydrogens is 226 g/mol. The van der Waals surface area contributed by atoms with E-state index in [4.69, 9.17) is 0 Å². The molecule has 3 aromatic rings. The van der Waals surface area contributed by atoms with Gasteiger partial charge in [0.05, 0.1) is 11.2 Å². The van der Waals surface area contributed by atoms with Crippen LogP contribution < -0.4 is 0 Å². The van der Waals surface area contributed by atoms with Gasteiger partial charge in [-0.3, -0.25) is 4.68 Å². The first kappa shape index (κ1) is 11.0. The minimum Gasteiger partial charge on any atom is -0.335 e. The lowest BCUT2D eigenvalue weighted by molar-refractivity contribution is 0.653. The molecule has 0 amide bonds. The van der Waals surface area contributed by atoms with Gasteiger partial charge in [0, 0.05) is 12.7 Å². The molecule has 92 valence electrons. The van der Waals surface area contributed by atoms with Crippen LogP contribution in [0.3, 0.4) is 0 Å². The third-order valence-electron chi connectivity index (χ3n) is 2.99. The first-order chi connectivity index (χ1) is 8.81. The van der Waals surface area contributed by atoms with Gasteiger partial charge in [-0.05, 0) is 31.5 Å². The van der Waals surface area contributed by atoms with E-state index in [1.54, 1.807) is 6.20 Å². The molecule has 0 aliphatic heterocycles. The van der Waals surface area contributed by atoms with Gasteiger partial charge in [0.2, 0.25) is 0 Å². The zero-order valence-electron chi connectivity index (χ0n) is 10.5. The molecule has 0 bridgehead atoms. The lowest BCUT2D eigenvalue weighted by atomic mass is 10.3. The van der Waals surface area contributed by atoms with E-state index in [9.17, 15) is 0 Å². The monoisotopic (exact) mass is 241 g/mol. The molecular formula is C13H15N5. The summed E-state index contributed by atoms with van der Waals surface area (Å²) in [4.78, 5) is 12.0. The number of rotatable bonds is 3. The van der Waals surface area contributed by atoms with Crippen molar-refractivity contribution in [3.63, 3.8) is 0 Å². The summed E-state index contributed by atoms with van der Waals surface area (Å²) in [5.74, 6) is 0.831. The fourth-order valence-corrected chi connectivity index (χ4v) is 2.04. The van der Waals surface area contributed by atoms with E-state index in [1.807, 2.05) is 16.8 Å². The number of pyridine rings is 1. The highest BCUT2D eigenvalue weighted by molar-refractivity contribution is 5.74. The molecule has 0 aliphatic rings. The summed E-state index contributed by atoms with van der Waals surface area (Å²) in [5.41, 5.74) is 3.80. The molecule has 0 saturated heterocycles. The fraction of sp³-hybridized carbons (Fsp3) is 0.308. The Morgan fingerprint density at radius 3 is 2.94 bits per heavy atom. The number of nitrogens with zero attached hydrogens (tertiary/aromatic N) is 4. The Morgan fingerprint density at radius 2 is 2.22 bits per heavy atom. The van der Waals surface area contributed by atoms with Crippen molar-refractivity contribution in [2.24, 2.45) is 0 Å². The van der Waals surface area contributed by atoms with E-state index < -0.39 is 0 Å². The summed E-state index contributed by atoms with van der Waals surface area (Å²) in [7, 11) is 0. The highest BCUT2D eigenvalue weighted by atomic mass is 15.3. The number of H-pyrrole nitrogens is 1. The standard InChI is InChI=1S/C13H15N5/c1-3-9-8-11(18(4-2)17-9)13-15-10-6-5-7-14-12(10)16-13/h5-8H,3-4H2,1-2H3,(H,14,15,16). The maximum atomic E-state index is 4.53. The number of nitrogens with one attached hydrogen (secondary N) is 1. The quantitative estimate of drug-likeness (QED) is 0.766. The Hall–Kier alpha value is -2.17. The molecule has 3 aromatic heterocycles. The van der Waals surface area contributed by atoms with Crippen LogP contribution in [0.1, 0.15) is 19.5 Å². The largest absolute Gasteiger partial charge is 0.335 e. The molecule has 5 heteroatoms. The zero-order valence-corrected chi connectivity index (χ0v) is 10.5. The first-order valence-electron chi connectivity index (χ1n) is 6.19. The number of fused-ring (bicyclic) bond motifs is 1. The van der Waals surface area contributed by atoms with Crippen LogP contribution in [0.25, 0.3) is 22.7 Å². The van der Waals surface area contributed by atoms with Crippen molar-refractivity contribution < 1.29 is 0 Å². The third kappa shape index (κ3) is 1.68. The molecule has 0 atom stereocenters. The minimum absolute atomic E-state index is 0.745. The summed E-state index contributed by atoms with van der Waals surface area (Å²) in [6, 6.07) is 5.96. The van der Waals surface area contributed by atoms with E-state index in [0.29, 0.717) is 0 Å². The molecule has 0 radical (unpaired) electrons. The van der Waals surface area contributed by atoms with Crippen molar-refractivity contribution in [2.45, 2.75) is 26.8 Å². The molecule has 5 nitrogen and oxygen atoms in total. The molecule has 3 rings (SSSR count). The predicted octanol–water partition coefficient (Wildman–Crippen LogP) is 2.40. The number of aromatic amines is 1. The normalized spacial score (nSPS) is 11.2. The number of aromatic nitrogens is 5. The summed E-state index contributed by atoms with van der Waals surface area (Å²) in [5, 5.41) is 4.53. The van der Waals surface area contributed by atoms with Crippen LogP contribution in [-0.4, -0.2) is 24.7 Å². The van der Waals surface area contributed by atoms with Crippen molar-refractivity contribution in [3.05, 3.63) is 30.1 Å². The Labute approximate surface area is 105 Å². The SMILES string of the molecule is CCc1cc(-c2nc3ncccc3[nH]2)n(CC)n1. The highest BCUT2D eigenvalue weighted by Crippen LogP contribution is 2.20. The van der Waals surface area contributed by atoms with Crippen molar-refractivity contribution in [1.29, 1.82) is 0 Å². The van der Waals surface area contributed by atoms with Gasteiger partial charge < -0.3 is 4.98 Å².